The van der Waals surface area contributed by atoms with Gasteiger partial charge in [0.1, 0.15) is 45.5 Å². The SMILES string of the molecule is CC(C)(F)c1cc(Cl)c(-n2cc(B3OC(C)(C)C(C)(C)O3)cn2)c(Cl)c1.COC(=O)c1cc(-c2cnn(-c3c(Cl)cc(C(C)(C)F)cc3Cl)c2)c[nH]1.COC(=O)c1cc(-c2cnn(-c3c(Cl)cc(C(C)(C)F)cc3Cl)c2)cn1C. The number of carbonyl (C=O) groups excluding carboxylic acids is 2. The van der Waals surface area contributed by atoms with Crippen LogP contribution in [0.25, 0.3) is 39.3 Å². The Kier molecular flexibility index (Phi) is 17.8. The quantitative estimate of drug-likeness (QED) is 0.0988. The molecule has 79 heavy (non-hydrogen) atoms. The molecule has 0 unspecified atom stereocenters. The lowest BCUT2D eigenvalue weighted by atomic mass is 9.82. The van der Waals surface area contributed by atoms with Gasteiger partial charge in [0.15, 0.2) is 0 Å². The summed E-state index contributed by atoms with van der Waals surface area (Å²) in [5, 5.41) is 14.7. The minimum Gasteiger partial charge on any atom is -0.464 e. The van der Waals surface area contributed by atoms with Crippen molar-refractivity contribution >= 4 is 94.1 Å². The topological polar surface area (TPSA) is 145 Å². The first kappa shape index (κ1) is 60.9. The number of aromatic nitrogens is 8. The Balaban J connectivity index is 0.000000172. The number of carbonyl (C=O) groups is 2. The number of esters is 2. The van der Waals surface area contributed by atoms with Crippen molar-refractivity contribution in [3.05, 3.63) is 156 Å². The fourth-order valence-electron chi connectivity index (χ4n) is 7.95. The smallest absolute Gasteiger partial charge is 0.464 e. The van der Waals surface area contributed by atoms with Crippen molar-refractivity contribution in [3.8, 4) is 39.3 Å². The molecule has 1 fully saturated rings. The third kappa shape index (κ3) is 13.4. The maximum Gasteiger partial charge on any atom is 0.498 e. The first-order chi connectivity index (χ1) is 36.6. The molecule has 1 N–H and O–H groups in total. The summed E-state index contributed by atoms with van der Waals surface area (Å²) in [6, 6.07) is 12.7. The van der Waals surface area contributed by atoms with E-state index in [1.54, 1.807) is 102 Å². The fourth-order valence-corrected chi connectivity index (χ4v) is 9.93. The maximum atomic E-state index is 14.2. The van der Waals surface area contributed by atoms with E-state index in [0.29, 0.717) is 65.2 Å². The van der Waals surface area contributed by atoms with Crippen LogP contribution in [0.4, 0.5) is 13.2 Å². The van der Waals surface area contributed by atoms with Crippen LogP contribution in [0.3, 0.4) is 0 Å². The first-order valence-corrected chi connectivity index (χ1v) is 26.5. The van der Waals surface area contributed by atoms with E-state index in [4.69, 9.17) is 83.7 Å². The standard InChI is InChI=1S/C19H18Cl2FN3O2.C18H22BCl2FN2O2.C18H16Cl2FN3O2/c1-19(2,22)13-6-14(20)17(15(21)7-13)25-10-12(8-23-25)11-5-16(18(26)27-4)24(3)9-11;1-16(2,22)11-7-13(20)15(14(21)8-11)24-10-12(9-23-24)19-25-17(3,4)18(5,6)26-19;1-18(2,21)12-5-13(19)16(14(20)6-12)24-9-11(8-23-24)10-4-15(22-7-10)17(25)26-3/h5-10H,1-4H3;7-10H,1-6H3;4-9,22H,1-3H3. The van der Waals surface area contributed by atoms with E-state index >= 15 is 0 Å². The summed E-state index contributed by atoms with van der Waals surface area (Å²) in [5.74, 6) is -0.884. The van der Waals surface area contributed by atoms with Gasteiger partial charge >= 0.3 is 19.1 Å². The predicted octanol–water partition coefficient (Wildman–Crippen LogP) is 15.0. The molecule has 5 aromatic heterocycles. The number of halogens is 9. The normalized spacial score (nSPS) is 14.1. The van der Waals surface area contributed by atoms with Crippen molar-refractivity contribution in [2.45, 2.75) is 97.4 Å². The number of alkyl halides is 3. The van der Waals surface area contributed by atoms with Crippen molar-refractivity contribution in [1.29, 1.82) is 0 Å². The van der Waals surface area contributed by atoms with Crippen molar-refractivity contribution in [2.24, 2.45) is 7.05 Å². The van der Waals surface area contributed by atoms with Crippen LogP contribution >= 0.6 is 69.6 Å². The average molecular weight is 1210 g/mol. The molecule has 0 atom stereocenters. The second-order valence-electron chi connectivity index (χ2n) is 20.9. The van der Waals surface area contributed by atoms with Crippen molar-refractivity contribution in [3.63, 3.8) is 0 Å². The number of benzene rings is 3. The summed E-state index contributed by atoms with van der Waals surface area (Å²) in [6.07, 6.45) is 13.6. The highest BCUT2D eigenvalue weighted by molar-refractivity contribution is 6.62. The van der Waals surface area contributed by atoms with Gasteiger partial charge in [-0.1, -0.05) is 69.6 Å². The predicted molar refractivity (Wildman–Crippen MR) is 306 cm³/mol. The van der Waals surface area contributed by atoms with E-state index in [1.165, 1.54) is 77.3 Å². The largest absolute Gasteiger partial charge is 0.498 e. The maximum absolute atomic E-state index is 14.2. The van der Waals surface area contributed by atoms with Gasteiger partial charge in [0.05, 0.1) is 68.0 Å². The number of nitrogens with zero attached hydrogens (tertiary/aromatic N) is 7. The van der Waals surface area contributed by atoms with Gasteiger partial charge in [0.25, 0.3) is 0 Å². The number of hydrogen-bond donors (Lipinski definition) is 1. The Bertz CT molecular complexity index is 3480. The third-order valence-electron chi connectivity index (χ3n) is 13.2. The van der Waals surface area contributed by atoms with Gasteiger partial charge in [-0.05, 0) is 134 Å². The number of hydrogen-bond acceptors (Lipinski definition) is 9. The lowest BCUT2D eigenvalue weighted by Crippen LogP contribution is -2.41. The van der Waals surface area contributed by atoms with Gasteiger partial charge in [0, 0.05) is 71.9 Å². The van der Waals surface area contributed by atoms with Gasteiger partial charge in [-0.3, -0.25) is 0 Å². The molecule has 3 aromatic carbocycles. The lowest BCUT2D eigenvalue weighted by Gasteiger charge is -2.32. The van der Waals surface area contributed by atoms with Crippen molar-refractivity contribution < 1.29 is 41.5 Å². The molecule has 0 spiro atoms. The molecule has 0 amide bonds. The zero-order valence-corrected chi connectivity index (χ0v) is 49.8. The molecule has 0 bridgehead atoms. The first-order valence-electron chi connectivity index (χ1n) is 24.2. The minimum absolute atomic E-state index is 0.289. The molecule has 8 aromatic rings. The molecule has 1 saturated heterocycles. The molecule has 14 nitrogen and oxygen atoms in total. The second kappa shape index (κ2) is 23.0. The summed E-state index contributed by atoms with van der Waals surface area (Å²) in [5.41, 5.74) is 1.62. The molecular weight excluding hydrogens is 1150 g/mol. The summed E-state index contributed by atoms with van der Waals surface area (Å²) in [6.45, 7) is 16.6. The molecule has 1 aliphatic heterocycles. The van der Waals surface area contributed by atoms with E-state index in [2.05, 4.69) is 25.0 Å². The van der Waals surface area contributed by atoms with Gasteiger partial charge in [-0.25, -0.2) is 36.8 Å². The molecule has 0 aliphatic carbocycles. The summed E-state index contributed by atoms with van der Waals surface area (Å²) >= 11 is 38.0. The number of methoxy groups -OCH3 is 2. The van der Waals surface area contributed by atoms with Crippen LogP contribution in [-0.2, 0) is 42.8 Å². The molecule has 0 radical (unpaired) electrons. The molecule has 24 heteroatoms. The van der Waals surface area contributed by atoms with Crippen LogP contribution in [0.5, 0.6) is 0 Å². The number of aromatic amines is 1. The van der Waals surface area contributed by atoms with Gasteiger partial charge in [-0.2, -0.15) is 15.3 Å². The van der Waals surface area contributed by atoms with E-state index in [9.17, 15) is 22.8 Å². The summed E-state index contributed by atoms with van der Waals surface area (Å²) in [4.78, 5) is 26.2. The van der Waals surface area contributed by atoms with Crippen LogP contribution in [0.15, 0.2) is 98.1 Å². The Morgan fingerprint density at radius 2 is 0.911 bits per heavy atom. The minimum atomic E-state index is -1.56. The third-order valence-corrected chi connectivity index (χ3v) is 15.0. The van der Waals surface area contributed by atoms with Gasteiger partial charge in [-0.15, -0.1) is 0 Å². The van der Waals surface area contributed by atoms with E-state index < -0.39 is 47.3 Å². The fraction of sp³-hybridized carbons (Fsp3) is 0.327. The zero-order valence-electron chi connectivity index (χ0n) is 45.3. The van der Waals surface area contributed by atoms with Crippen LogP contribution in [-0.4, -0.2) is 83.4 Å². The number of ether oxygens (including phenoxy) is 2. The van der Waals surface area contributed by atoms with Crippen molar-refractivity contribution in [1.82, 2.24) is 38.9 Å². The molecule has 1 aliphatic rings. The van der Waals surface area contributed by atoms with E-state index in [1.807, 2.05) is 27.7 Å². The van der Waals surface area contributed by atoms with E-state index in [0.717, 1.165) is 27.7 Å². The van der Waals surface area contributed by atoms with Crippen LogP contribution in [0.2, 0.25) is 30.1 Å². The molecule has 0 saturated carbocycles. The highest BCUT2D eigenvalue weighted by Crippen LogP contribution is 2.40. The molecule has 9 rings (SSSR count). The number of nitrogens with one attached hydrogen (secondary N) is 1. The van der Waals surface area contributed by atoms with Gasteiger partial charge < -0.3 is 28.3 Å². The Morgan fingerprint density at radius 3 is 1.29 bits per heavy atom. The zero-order chi connectivity index (χ0) is 58.5. The summed E-state index contributed by atoms with van der Waals surface area (Å²) in [7, 11) is 3.87. The highest BCUT2D eigenvalue weighted by atomic mass is 35.5. The van der Waals surface area contributed by atoms with E-state index in [-0.39, 0.29) is 10.0 Å². The number of H-pyrrole nitrogens is 1. The average Bonchev–Trinajstić information content (AvgIpc) is 4.26. The lowest BCUT2D eigenvalue weighted by molar-refractivity contribution is 0.00578. The molecule has 418 valence electrons. The Labute approximate surface area is 486 Å². The Morgan fingerprint density at radius 1 is 0.544 bits per heavy atom. The Hall–Kier alpha value is -5.70. The second-order valence-corrected chi connectivity index (χ2v) is 23.4. The monoisotopic (exact) mass is 1200 g/mol. The van der Waals surface area contributed by atoms with Crippen LogP contribution in [0, 0.1) is 0 Å². The van der Waals surface area contributed by atoms with Gasteiger partial charge in [0.2, 0.25) is 0 Å². The molecule has 6 heterocycles. The van der Waals surface area contributed by atoms with Crippen LogP contribution < -0.4 is 5.46 Å². The summed E-state index contributed by atoms with van der Waals surface area (Å²) < 4.78 is 70.3. The number of aryl methyl sites for hydroxylation is 1. The van der Waals surface area contributed by atoms with Crippen LogP contribution in [0.1, 0.15) is 107 Å². The highest BCUT2D eigenvalue weighted by Gasteiger charge is 2.52. The number of rotatable bonds is 11. The molecular formula is C55H56BCl6F3N8O6. The van der Waals surface area contributed by atoms with Crippen molar-refractivity contribution in [2.75, 3.05) is 14.2 Å².